The molecule has 7 N–H and O–H groups in total. The summed E-state index contributed by atoms with van der Waals surface area (Å²) in [5.74, 6) is -0.810. The highest BCUT2D eigenvalue weighted by atomic mass is 32.3. The first-order valence-electron chi connectivity index (χ1n) is 9.84. The molecule has 18 heteroatoms. The van der Waals surface area contributed by atoms with Gasteiger partial charge in [-0.1, -0.05) is 18.2 Å². The van der Waals surface area contributed by atoms with Crippen LogP contribution in [0, 0.1) is 0 Å². The second kappa shape index (κ2) is 10.4. The summed E-state index contributed by atoms with van der Waals surface area (Å²) in [6.07, 6.45) is 0. The molecule has 0 aliphatic carbocycles. The third kappa shape index (κ3) is 6.96. The van der Waals surface area contributed by atoms with Gasteiger partial charge in [-0.05, 0) is 35.7 Å². The van der Waals surface area contributed by atoms with Crippen LogP contribution in [0.1, 0.15) is 0 Å². The molecule has 0 aromatic heterocycles. The number of azo groups is 1. The average Bonchev–Trinajstić information content (AvgIpc) is 2.75. The lowest BCUT2D eigenvalue weighted by atomic mass is 10.1. The quantitative estimate of drug-likeness (QED) is 0.141. The molecular formula is C19H19N5O10S3. The summed E-state index contributed by atoms with van der Waals surface area (Å²) in [6, 6.07) is 9.13. The van der Waals surface area contributed by atoms with Crippen LogP contribution in [0.3, 0.4) is 0 Å². The van der Waals surface area contributed by atoms with Gasteiger partial charge in [-0.3, -0.25) is 9.11 Å². The first kappa shape index (κ1) is 27.9. The number of amides is 2. The maximum atomic E-state index is 12.5. The van der Waals surface area contributed by atoms with E-state index < -0.39 is 53.6 Å². The number of rotatable bonds is 9. The number of fused-ring (bicyclic) bond motifs is 1. The highest BCUT2D eigenvalue weighted by Gasteiger charge is 2.23. The Hall–Kier alpha value is -3.68. The molecule has 0 spiro atoms. The molecule has 37 heavy (non-hydrogen) atoms. The summed E-state index contributed by atoms with van der Waals surface area (Å²) in [7, 11) is -13.9. The summed E-state index contributed by atoms with van der Waals surface area (Å²) in [4.78, 5) is 10.2. The fourth-order valence-corrected chi connectivity index (χ4v) is 5.55. The van der Waals surface area contributed by atoms with Crippen molar-refractivity contribution in [3.8, 4) is 0 Å². The molecule has 0 aliphatic heterocycles. The predicted molar refractivity (Wildman–Crippen MR) is 132 cm³/mol. The third-order valence-corrected chi connectivity index (χ3v) is 7.79. The van der Waals surface area contributed by atoms with Gasteiger partial charge in [0.15, 0.2) is 9.84 Å². The van der Waals surface area contributed by atoms with Gasteiger partial charge < -0.3 is 16.8 Å². The zero-order valence-electron chi connectivity index (χ0n) is 18.5. The Labute approximate surface area is 210 Å². The Balaban J connectivity index is 2.08. The molecule has 0 bridgehead atoms. The lowest BCUT2D eigenvalue weighted by molar-refractivity contribution is 0.259. The van der Waals surface area contributed by atoms with Gasteiger partial charge in [0.25, 0.3) is 10.1 Å². The summed E-state index contributed by atoms with van der Waals surface area (Å²) >= 11 is 0. The molecule has 0 unspecified atom stereocenters. The van der Waals surface area contributed by atoms with Gasteiger partial charge in [0.1, 0.15) is 16.3 Å². The minimum atomic E-state index is -4.92. The normalized spacial score (nSPS) is 12.7. The molecule has 0 saturated carbocycles. The Morgan fingerprint density at radius 1 is 0.973 bits per heavy atom. The minimum absolute atomic E-state index is 0.0451. The molecule has 0 atom stereocenters. The third-order valence-electron chi connectivity index (χ3n) is 4.71. The number of nitrogens with zero attached hydrogens (tertiary/aromatic N) is 2. The summed E-state index contributed by atoms with van der Waals surface area (Å²) in [6.45, 7) is -0.857. The number of carbonyl (C=O) groups is 1. The number of hydrogen-bond donors (Lipinski definition) is 5. The van der Waals surface area contributed by atoms with Crippen LogP contribution in [0.25, 0.3) is 10.8 Å². The highest BCUT2D eigenvalue weighted by molar-refractivity contribution is 7.91. The van der Waals surface area contributed by atoms with Crippen molar-refractivity contribution in [2.45, 2.75) is 9.79 Å². The van der Waals surface area contributed by atoms with Gasteiger partial charge in [0.2, 0.25) is 0 Å². The van der Waals surface area contributed by atoms with Crippen molar-refractivity contribution in [3.63, 3.8) is 0 Å². The number of nitrogens with two attached hydrogens (primary N) is 2. The van der Waals surface area contributed by atoms with Crippen molar-refractivity contribution < 1.29 is 43.3 Å². The molecular weight excluding hydrogens is 554 g/mol. The zero-order valence-corrected chi connectivity index (χ0v) is 20.9. The fourth-order valence-electron chi connectivity index (χ4n) is 3.19. The topological polar surface area (TPSA) is 258 Å². The van der Waals surface area contributed by atoms with E-state index >= 15 is 0 Å². The maximum Gasteiger partial charge on any atom is 0.397 e. The van der Waals surface area contributed by atoms with Crippen LogP contribution in [0.5, 0.6) is 0 Å². The van der Waals surface area contributed by atoms with Crippen molar-refractivity contribution in [2.24, 2.45) is 16.0 Å². The van der Waals surface area contributed by atoms with E-state index in [0.717, 1.165) is 24.3 Å². The van der Waals surface area contributed by atoms with Gasteiger partial charge in [0.05, 0.1) is 28.6 Å². The Kier molecular flexibility index (Phi) is 7.81. The number of primary amides is 1. The first-order valence-corrected chi connectivity index (χ1v) is 14.3. The number of urea groups is 1. The van der Waals surface area contributed by atoms with E-state index in [-0.39, 0.29) is 38.4 Å². The second-order valence-electron chi connectivity index (χ2n) is 7.27. The molecule has 0 radical (unpaired) electrons. The van der Waals surface area contributed by atoms with Gasteiger partial charge in [-0.15, -0.1) is 10.2 Å². The number of nitrogen functional groups attached to an aromatic ring is 1. The molecule has 3 aromatic carbocycles. The number of carbonyl (C=O) groups excluding carboxylic acids is 1. The molecule has 3 rings (SSSR count). The molecule has 3 aromatic rings. The maximum absolute atomic E-state index is 12.5. The lowest BCUT2D eigenvalue weighted by Gasteiger charge is -2.10. The number of benzene rings is 3. The number of sulfone groups is 1. The van der Waals surface area contributed by atoms with E-state index in [4.69, 9.17) is 16.0 Å². The fraction of sp³-hybridized carbons (Fsp3) is 0.105. The van der Waals surface area contributed by atoms with Crippen molar-refractivity contribution in [1.82, 2.24) is 0 Å². The monoisotopic (exact) mass is 573 g/mol. The molecule has 0 aliphatic rings. The Morgan fingerprint density at radius 2 is 1.68 bits per heavy atom. The Bertz CT molecular complexity index is 1740. The van der Waals surface area contributed by atoms with E-state index in [9.17, 15) is 34.6 Å². The highest BCUT2D eigenvalue weighted by Crippen LogP contribution is 2.37. The lowest BCUT2D eigenvalue weighted by Crippen LogP contribution is -2.19. The first-order chi connectivity index (χ1) is 17.1. The van der Waals surface area contributed by atoms with E-state index in [1.165, 1.54) is 24.3 Å². The van der Waals surface area contributed by atoms with Gasteiger partial charge in [0, 0.05) is 5.39 Å². The van der Waals surface area contributed by atoms with Crippen molar-refractivity contribution in [2.75, 3.05) is 23.4 Å². The predicted octanol–water partition coefficient (Wildman–Crippen LogP) is 2.17. The molecule has 0 saturated heterocycles. The van der Waals surface area contributed by atoms with Gasteiger partial charge in [-0.25, -0.2) is 17.4 Å². The van der Waals surface area contributed by atoms with Gasteiger partial charge in [-0.2, -0.15) is 16.8 Å². The van der Waals surface area contributed by atoms with Gasteiger partial charge >= 0.3 is 16.4 Å². The molecule has 2 amide bonds. The zero-order chi connectivity index (χ0) is 27.6. The summed E-state index contributed by atoms with van der Waals surface area (Å²) < 4.78 is 93.2. The summed E-state index contributed by atoms with van der Waals surface area (Å²) in [5.41, 5.74) is 10.8. The average molecular weight is 574 g/mol. The number of anilines is 2. The summed E-state index contributed by atoms with van der Waals surface area (Å²) in [5, 5.41) is 10.0. The Morgan fingerprint density at radius 3 is 2.30 bits per heavy atom. The second-order valence-corrected chi connectivity index (χ2v) is 11.8. The van der Waals surface area contributed by atoms with E-state index in [0.29, 0.717) is 0 Å². The van der Waals surface area contributed by atoms with Crippen molar-refractivity contribution in [3.05, 3.63) is 48.5 Å². The molecule has 0 fully saturated rings. The minimum Gasteiger partial charge on any atom is -0.397 e. The standard InChI is InChI=1S/C19H19N5O10S3/c20-14-2-1-3-15(22-19(21)25)17(14)24-23-16-7-4-11-10-12(5-6-13(11)18(16)36(28,29)30)35(26,27)9-8-34-37(31,32)33/h1-7,10H,8-9,20H2,(H3,21,22,25)(H,28,29,30)(H,31,32,33)/b24-23+. The van der Waals surface area contributed by atoms with Crippen molar-refractivity contribution in [1.29, 1.82) is 0 Å². The number of hydrogen-bond acceptors (Lipinski definition) is 11. The largest absolute Gasteiger partial charge is 0.397 e. The number of nitrogens with one attached hydrogen (secondary N) is 1. The molecule has 198 valence electrons. The SMILES string of the molecule is NC(=O)Nc1cccc(N)c1/N=N/c1ccc2cc(S(=O)(=O)CCOS(=O)(=O)O)ccc2c1S(=O)(=O)O. The van der Waals surface area contributed by atoms with Crippen LogP contribution in [0.4, 0.5) is 27.5 Å². The van der Waals surface area contributed by atoms with Crippen molar-refractivity contribution >= 4 is 69.9 Å². The van der Waals surface area contributed by atoms with Crippen LogP contribution >= 0.6 is 0 Å². The van der Waals surface area contributed by atoms with Crippen LogP contribution in [0.15, 0.2) is 68.6 Å². The van der Waals surface area contributed by atoms with E-state index in [1.54, 1.807) is 0 Å². The van der Waals surface area contributed by atoms with Crippen LogP contribution < -0.4 is 16.8 Å². The van der Waals surface area contributed by atoms with Crippen LogP contribution in [0.2, 0.25) is 0 Å². The van der Waals surface area contributed by atoms with E-state index in [1.807, 2.05) is 0 Å². The van der Waals surface area contributed by atoms with E-state index in [2.05, 4.69) is 19.7 Å². The molecule has 15 nitrogen and oxygen atoms in total. The van der Waals surface area contributed by atoms with Crippen LogP contribution in [-0.2, 0) is 34.5 Å². The smallest absolute Gasteiger partial charge is 0.397 e. The molecule has 0 heterocycles. The van der Waals surface area contributed by atoms with Crippen LogP contribution in [-0.4, -0.2) is 52.7 Å².